The zero-order chi connectivity index (χ0) is 13.9. The van der Waals surface area contributed by atoms with Crippen molar-refractivity contribution < 1.29 is 4.74 Å². The number of methoxy groups -OCH3 is 1. The maximum absolute atomic E-state index is 6.12. The molecular weight excluding hydrogens is 256 g/mol. The highest BCUT2D eigenvalue weighted by molar-refractivity contribution is 7.99. The Labute approximate surface area is 120 Å². The van der Waals surface area contributed by atoms with Gasteiger partial charge < -0.3 is 15.8 Å². The summed E-state index contributed by atoms with van der Waals surface area (Å²) in [7, 11) is 1.69. The molecule has 1 unspecified atom stereocenters. The van der Waals surface area contributed by atoms with Gasteiger partial charge in [0.05, 0.1) is 12.6 Å². The second-order valence-electron chi connectivity index (χ2n) is 5.83. The summed E-state index contributed by atoms with van der Waals surface area (Å²) in [5, 5.41) is 3.68. The van der Waals surface area contributed by atoms with Gasteiger partial charge in [-0.2, -0.15) is 11.8 Å². The highest BCUT2D eigenvalue weighted by Gasteiger charge is 2.46. The molecule has 1 aromatic rings. The molecule has 1 aromatic carbocycles. The Morgan fingerprint density at radius 3 is 2.53 bits per heavy atom. The Bertz CT molecular complexity index is 419. The normalized spacial score (nSPS) is 25.9. The van der Waals surface area contributed by atoms with Gasteiger partial charge in [-0.25, -0.2) is 0 Å². The molecule has 1 heterocycles. The summed E-state index contributed by atoms with van der Waals surface area (Å²) in [6, 6.07) is 8.09. The second-order valence-corrected chi connectivity index (χ2v) is 6.93. The Balaban J connectivity index is 2.21. The molecule has 0 amide bonds. The number of ether oxygens (including phenoxy) is 1. The summed E-state index contributed by atoms with van der Waals surface area (Å²) in [6.45, 7) is 5.28. The monoisotopic (exact) mass is 280 g/mol. The Hall–Kier alpha value is -0.870. The van der Waals surface area contributed by atoms with E-state index in [-0.39, 0.29) is 11.0 Å². The van der Waals surface area contributed by atoms with Gasteiger partial charge in [-0.15, -0.1) is 0 Å². The van der Waals surface area contributed by atoms with Crippen LogP contribution >= 0.6 is 11.8 Å². The fraction of sp³-hybridized carbons (Fsp3) is 0.600. The Morgan fingerprint density at radius 1 is 1.32 bits per heavy atom. The quantitative estimate of drug-likeness (QED) is 0.890. The van der Waals surface area contributed by atoms with E-state index in [2.05, 4.69) is 31.3 Å². The van der Waals surface area contributed by atoms with Gasteiger partial charge in [-0.1, -0.05) is 13.8 Å². The van der Waals surface area contributed by atoms with Crippen molar-refractivity contribution in [2.45, 2.75) is 25.8 Å². The second kappa shape index (κ2) is 5.63. The largest absolute Gasteiger partial charge is 0.497 e. The first-order valence-electron chi connectivity index (χ1n) is 6.73. The lowest BCUT2D eigenvalue weighted by molar-refractivity contribution is 0.203. The Kier molecular flexibility index (Phi) is 4.31. The molecular formula is C15H24N2OS. The van der Waals surface area contributed by atoms with Crippen molar-refractivity contribution >= 4 is 17.4 Å². The molecule has 1 fully saturated rings. The first kappa shape index (κ1) is 14.5. The van der Waals surface area contributed by atoms with Crippen LogP contribution in [0, 0.1) is 5.41 Å². The fourth-order valence-corrected chi connectivity index (χ4v) is 4.28. The van der Waals surface area contributed by atoms with Crippen LogP contribution in [0.15, 0.2) is 24.3 Å². The molecule has 0 radical (unpaired) electrons. The van der Waals surface area contributed by atoms with Gasteiger partial charge in [0.1, 0.15) is 5.75 Å². The molecule has 1 atom stereocenters. The van der Waals surface area contributed by atoms with E-state index in [1.165, 1.54) is 12.2 Å². The van der Waals surface area contributed by atoms with Crippen molar-refractivity contribution in [3.8, 4) is 5.75 Å². The van der Waals surface area contributed by atoms with Crippen molar-refractivity contribution in [3.05, 3.63) is 24.3 Å². The minimum Gasteiger partial charge on any atom is -0.497 e. The van der Waals surface area contributed by atoms with Crippen molar-refractivity contribution in [2.75, 3.05) is 30.5 Å². The molecule has 0 bridgehead atoms. The van der Waals surface area contributed by atoms with Gasteiger partial charge in [0.15, 0.2) is 0 Å². The lowest BCUT2D eigenvalue weighted by Gasteiger charge is -2.50. The van der Waals surface area contributed by atoms with Crippen LogP contribution in [-0.4, -0.2) is 30.7 Å². The summed E-state index contributed by atoms with van der Waals surface area (Å²) in [6.07, 6.45) is 1.19. The van der Waals surface area contributed by atoms with Gasteiger partial charge in [-0.05, 0) is 41.9 Å². The van der Waals surface area contributed by atoms with Crippen LogP contribution in [0.5, 0.6) is 5.75 Å². The van der Waals surface area contributed by atoms with E-state index in [1.54, 1.807) is 7.11 Å². The summed E-state index contributed by atoms with van der Waals surface area (Å²) in [4.78, 5) is 0. The van der Waals surface area contributed by atoms with Crippen molar-refractivity contribution in [1.82, 2.24) is 0 Å². The van der Waals surface area contributed by atoms with Gasteiger partial charge in [-0.3, -0.25) is 0 Å². The molecule has 106 valence electrons. The molecule has 4 heteroatoms. The molecule has 0 aliphatic carbocycles. The molecule has 3 N–H and O–H groups in total. The van der Waals surface area contributed by atoms with E-state index in [0.29, 0.717) is 6.54 Å². The summed E-state index contributed by atoms with van der Waals surface area (Å²) in [5.74, 6) is 3.16. The predicted octanol–water partition coefficient (Wildman–Crippen LogP) is 2.97. The number of rotatable bonds is 4. The number of thioether (sulfide) groups is 1. The van der Waals surface area contributed by atoms with Gasteiger partial charge >= 0.3 is 0 Å². The van der Waals surface area contributed by atoms with Crippen LogP contribution in [-0.2, 0) is 0 Å². The van der Waals surface area contributed by atoms with Crippen LogP contribution in [0.2, 0.25) is 0 Å². The minimum atomic E-state index is -0.0372. The summed E-state index contributed by atoms with van der Waals surface area (Å²) >= 11 is 1.99. The van der Waals surface area contributed by atoms with Crippen LogP contribution in [0.3, 0.4) is 0 Å². The predicted molar refractivity (Wildman–Crippen MR) is 84.1 cm³/mol. The standard InChI is InChI=1S/C15H24N2OS/c1-14(2)8-9-19-11-15(14,10-16)17-12-4-6-13(18-3)7-5-12/h4-7,17H,8-11,16H2,1-3H3. The number of anilines is 1. The van der Waals surface area contributed by atoms with E-state index in [0.717, 1.165) is 17.2 Å². The van der Waals surface area contributed by atoms with Crippen LogP contribution < -0.4 is 15.8 Å². The van der Waals surface area contributed by atoms with Crippen molar-refractivity contribution in [3.63, 3.8) is 0 Å². The topological polar surface area (TPSA) is 47.3 Å². The fourth-order valence-electron chi connectivity index (χ4n) is 2.55. The van der Waals surface area contributed by atoms with E-state index in [9.17, 15) is 0 Å². The van der Waals surface area contributed by atoms with Crippen molar-refractivity contribution in [1.29, 1.82) is 0 Å². The third-order valence-corrected chi connectivity index (χ3v) is 5.53. The molecule has 1 aliphatic rings. The van der Waals surface area contributed by atoms with Crippen LogP contribution in [0.25, 0.3) is 0 Å². The van der Waals surface area contributed by atoms with Gasteiger partial charge in [0.2, 0.25) is 0 Å². The number of hydrogen-bond donors (Lipinski definition) is 2. The van der Waals surface area contributed by atoms with E-state index >= 15 is 0 Å². The Morgan fingerprint density at radius 2 is 2.00 bits per heavy atom. The number of nitrogens with two attached hydrogens (primary N) is 1. The number of hydrogen-bond acceptors (Lipinski definition) is 4. The zero-order valence-corrected chi connectivity index (χ0v) is 12.8. The zero-order valence-electron chi connectivity index (χ0n) is 12.0. The molecule has 0 spiro atoms. The summed E-state index contributed by atoms with van der Waals surface area (Å²) in [5.41, 5.74) is 7.39. The minimum absolute atomic E-state index is 0.0372. The first-order valence-corrected chi connectivity index (χ1v) is 7.88. The lowest BCUT2D eigenvalue weighted by Crippen LogP contribution is -2.60. The van der Waals surface area contributed by atoms with Crippen molar-refractivity contribution in [2.24, 2.45) is 11.1 Å². The molecule has 2 rings (SSSR count). The lowest BCUT2D eigenvalue weighted by atomic mass is 9.70. The maximum atomic E-state index is 6.12. The number of nitrogens with one attached hydrogen (secondary N) is 1. The van der Waals surface area contributed by atoms with Gasteiger partial charge in [0, 0.05) is 18.0 Å². The van der Waals surface area contributed by atoms with E-state index < -0.39 is 0 Å². The third kappa shape index (κ3) is 2.84. The van der Waals surface area contributed by atoms with Gasteiger partial charge in [0.25, 0.3) is 0 Å². The first-order chi connectivity index (χ1) is 9.03. The highest BCUT2D eigenvalue weighted by atomic mass is 32.2. The number of benzene rings is 1. The molecule has 19 heavy (non-hydrogen) atoms. The maximum Gasteiger partial charge on any atom is 0.119 e. The van der Waals surface area contributed by atoms with Crippen LogP contribution in [0.1, 0.15) is 20.3 Å². The molecule has 0 saturated carbocycles. The molecule has 0 aromatic heterocycles. The highest BCUT2D eigenvalue weighted by Crippen LogP contribution is 2.43. The van der Waals surface area contributed by atoms with Crippen LogP contribution in [0.4, 0.5) is 5.69 Å². The molecule has 1 aliphatic heterocycles. The third-order valence-electron chi connectivity index (χ3n) is 4.34. The van der Waals surface area contributed by atoms with E-state index in [4.69, 9.17) is 10.5 Å². The average Bonchev–Trinajstić information content (AvgIpc) is 2.42. The average molecular weight is 280 g/mol. The smallest absolute Gasteiger partial charge is 0.119 e. The summed E-state index contributed by atoms with van der Waals surface area (Å²) < 4.78 is 5.19. The SMILES string of the molecule is COc1ccc(NC2(CN)CSCCC2(C)C)cc1. The van der Waals surface area contributed by atoms with E-state index in [1.807, 2.05) is 23.9 Å². The molecule has 3 nitrogen and oxygen atoms in total. The molecule has 1 saturated heterocycles.